The number of nitrogens with one attached hydrogen (secondary N) is 1. The molecule has 0 aromatic carbocycles. The smallest absolute Gasteiger partial charge is 0.0965 e. The first-order valence-electron chi connectivity index (χ1n) is 5.53. The molecule has 1 N–H and O–H groups in total. The summed E-state index contributed by atoms with van der Waals surface area (Å²) in [6, 6.07) is 2.64. The molecule has 0 aliphatic heterocycles. The van der Waals surface area contributed by atoms with Crippen molar-refractivity contribution in [3.63, 3.8) is 0 Å². The molecular formula is C11H14N4O. The van der Waals surface area contributed by atoms with E-state index < -0.39 is 0 Å². The maximum Gasteiger partial charge on any atom is 0.0965 e. The van der Waals surface area contributed by atoms with E-state index >= 15 is 0 Å². The van der Waals surface area contributed by atoms with Crippen LogP contribution < -0.4 is 5.32 Å². The van der Waals surface area contributed by atoms with Crippen LogP contribution in [-0.4, -0.2) is 21.0 Å². The van der Waals surface area contributed by atoms with Crippen molar-refractivity contribution in [2.45, 2.75) is 32.0 Å². The third kappa shape index (κ3) is 2.30. The summed E-state index contributed by atoms with van der Waals surface area (Å²) in [7, 11) is 0. The van der Waals surface area contributed by atoms with E-state index in [2.05, 4.69) is 15.6 Å². The standard InChI is InChI=1S/C11H14N4O/c1-2-10(1)12-5-11-7-15(14-13-11)6-9-3-4-16-8-9/h3-4,7-8,10,12H,1-2,5-6H2. The van der Waals surface area contributed by atoms with Gasteiger partial charge in [-0.05, 0) is 18.9 Å². The van der Waals surface area contributed by atoms with Gasteiger partial charge in [0.05, 0.1) is 31.0 Å². The zero-order valence-corrected chi connectivity index (χ0v) is 8.97. The molecular weight excluding hydrogens is 204 g/mol. The molecule has 0 unspecified atom stereocenters. The van der Waals surface area contributed by atoms with Crippen LogP contribution in [0.3, 0.4) is 0 Å². The van der Waals surface area contributed by atoms with Gasteiger partial charge in [0, 0.05) is 18.2 Å². The third-order valence-corrected chi connectivity index (χ3v) is 2.66. The Hall–Kier alpha value is -1.62. The van der Waals surface area contributed by atoms with Crippen LogP contribution in [0, 0.1) is 0 Å². The second kappa shape index (κ2) is 4.09. The van der Waals surface area contributed by atoms with Crippen LogP contribution in [0.5, 0.6) is 0 Å². The van der Waals surface area contributed by atoms with Gasteiger partial charge in [0.15, 0.2) is 0 Å². The summed E-state index contributed by atoms with van der Waals surface area (Å²) in [4.78, 5) is 0. The lowest BCUT2D eigenvalue weighted by atomic mass is 10.3. The summed E-state index contributed by atoms with van der Waals surface area (Å²) in [6.07, 6.45) is 7.96. The van der Waals surface area contributed by atoms with Crippen molar-refractivity contribution in [2.24, 2.45) is 0 Å². The first-order chi connectivity index (χ1) is 7.90. The second-order valence-corrected chi connectivity index (χ2v) is 4.19. The van der Waals surface area contributed by atoms with Crippen LogP contribution in [0.15, 0.2) is 29.2 Å². The van der Waals surface area contributed by atoms with Crippen molar-refractivity contribution in [3.8, 4) is 0 Å². The number of hydrogen-bond acceptors (Lipinski definition) is 4. The van der Waals surface area contributed by atoms with E-state index in [-0.39, 0.29) is 0 Å². The first-order valence-corrected chi connectivity index (χ1v) is 5.53. The van der Waals surface area contributed by atoms with Crippen molar-refractivity contribution < 1.29 is 4.42 Å². The summed E-state index contributed by atoms with van der Waals surface area (Å²) < 4.78 is 6.84. The number of rotatable bonds is 5. The summed E-state index contributed by atoms with van der Waals surface area (Å²) in [5.74, 6) is 0. The Labute approximate surface area is 93.4 Å². The lowest BCUT2D eigenvalue weighted by Crippen LogP contribution is -2.15. The zero-order valence-electron chi connectivity index (χ0n) is 8.97. The van der Waals surface area contributed by atoms with E-state index in [1.807, 2.05) is 16.9 Å². The fraction of sp³-hybridized carbons (Fsp3) is 0.455. The monoisotopic (exact) mass is 218 g/mol. The Morgan fingerprint density at radius 3 is 3.19 bits per heavy atom. The maximum absolute atomic E-state index is 5.01. The van der Waals surface area contributed by atoms with Crippen LogP contribution >= 0.6 is 0 Å². The van der Waals surface area contributed by atoms with E-state index in [0.717, 1.165) is 17.8 Å². The van der Waals surface area contributed by atoms with Crippen LogP contribution in [0.1, 0.15) is 24.1 Å². The maximum atomic E-state index is 5.01. The molecule has 1 fully saturated rings. The third-order valence-electron chi connectivity index (χ3n) is 2.66. The van der Waals surface area contributed by atoms with Gasteiger partial charge in [-0.25, -0.2) is 4.68 Å². The highest BCUT2D eigenvalue weighted by atomic mass is 16.3. The van der Waals surface area contributed by atoms with E-state index in [9.17, 15) is 0 Å². The van der Waals surface area contributed by atoms with Gasteiger partial charge >= 0.3 is 0 Å². The largest absolute Gasteiger partial charge is 0.472 e. The number of furan rings is 1. The Morgan fingerprint density at radius 2 is 2.44 bits per heavy atom. The van der Waals surface area contributed by atoms with Crippen LogP contribution in [0.2, 0.25) is 0 Å². The van der Waals surface area contributed by atoms with Gasteiger partial charge < -0.3 is 9.73 Å². The van der Waals surface area contributed by atoms with E-state index in [0.29, 0.717) is 12.6 Å². The zero-order chi connectivity index (χ0) is 10.8. The highest BCUT2D eigenvalue weighted by Gasteiger charge is 2.20. The SMILES string of the molecule is c1cc(Cn2cc(CNC3CC3)nn2)co1. The lowest BCUT2D eigenvalue weighted by Gasteiger charge is -1.97. The fourth-order valence-corrected chi connectivity index (χ4v) is 1.60. The molecule has 5 nitrogen and oxygen atoms in total. The summed E-state index contributed by atoms with van der Waals surface area (Å²) in [5.41, 5.74) is 2.10. The first kappa shape index (κ1) is 9.59. The average Bonchev–Trinajstić information content (AvgIpc) is 2.78. The Balaban J connectivity index is 1.58. The van der Waals surface area contributed by atoms with Gasteiger partial charge in [-0.15, -0.1) is 5.10 Å². The quantitative estimate of drug-likeness (QED) is 0.818. The molecule has 0 bridgehead atoms. The van der Waals surface area contributed by atoms with Crippen LogP contribution in [0.4, 0.5) is 0 Å². The number of nitrogens with zero attached hydrogens (tertiary/aromatic N) is 3. The molecule has 1 aliphatic carbocycles. The Kier molecular flexibility index (Phi) is 2.46. The van der Waals surface area contributed by atoms with Gasteiger partial charge in [0.2, 0.25) is 0 Å². The minimum Gasteiger partial charge on any atom is -0.472 e. The minimum atomic E-state index is 0.707. The van der Waals surface area contributed by atoms with Gasteiger partial charge in [0.25, 0.3) is 0 Å². The van der Waals surface area contributed by atoms with Gasteiger partial charge in [-0.2, -0.15) is 0 Å². The molecule has 2 aromatic heterocycles. The molecule has 16 heavy (non-hydrogen) atoms. The predicted octanol–water partition coefficient (Wildman–Crippen LogP) is 1.17. The molecule has 0 amide bonds. The summed E-state index contributed by atoms with van der Waals surface area (Å²) in [6.45, 7) is 1.53. The molecule has 0 spiro atoms. The molecule has 2 heterocycles. The molecule has 84 valence electrons. The molecule has 3 rings (SSSR count). The molecule has 1 aliphatic rings. The van der Waals surface area contributed by atoms with Crippen molar-refractivity contribution in [3.05, 3.63) is 36.0 Å². The normalized spacial score (nSPS) is 15.5. The minimum absolute atomic E-state index is 0.707. The summed E-state index contributed by atoms with van der Waals surface area (Å²) >= 11 is 0. The van der Waals surface area contributed by atoms with E-state index in [4.69, 9.17) is 4.42 Å². The van der Waals surface area contributed by atoms with Crippen molar-refractivity contribution in [1.82, 2.24) is 20.3 Å². The molecule has 0 atom stereocenters. The van der Waals surface area contributed by atoms with Crippen molar-refractivity contribution >= 4 is 0 Å². The topological polar surface area (TPSA) is 55.9 Å². The highest BCUT2D eigenvalue weighted by Crippen LogP contribution is 2.18. The second-order valence-electron chi connectivity index (χ2n) is 4.19. The molecule has 0 saturated heterocycles. The van der Waals surface area contributed by atoms with Gasteiger partial charge in [-0.3, -0.25) is 0 Å². The Morgan fingerprint density at radius 1 is 1.50 bits per heavy atom. The summed E-state index contributed by atoms with van der Waals surface area (Å²) in [5, 5.41) is 11.6. The predicted molar refractivity (Wildman–Crippen MR) is 57.7 cm³/mol. The van der Waals surface area contributed by atoms with Crippen molar-refractivity contribution in [1.29, 1.82) is 0 Å². The fourth-order valence-electron chi connectivity index (χ4n) is 1.60. The van der Waals surface area contributed by atoms with E-state index in [1.54, 1.807) is 12.5 Å². The molecule has 5 heteroatoms. The number of aromatic nitrogens is 3. The molecule has 2 aromatic rings. The van der Waals surface area contributed by atoms with E-state index in [1.165, 1.54) is 12.8 Å². The molecule has 1 saturated carbocycles. The van der Waals surface area contributed by atoms with Crippen molar-refractivity contribution in [2.75, 3.05) is 0 Å². The average molecular weight is 218 g/mol. The van der Waals surface area contributed by atoms with Crippen LogP contribution in [-0.2, 0) is 13.1 Å². The number of hydrogen-bond donors (Lipinski definition) is 1. The Bertz CT molecular complexity index is 444. The lowest BCUT2D eigenvalue weighted by molar-refractivity contribution is 0.558. The molecule has 0 radical (unpaired) electrons. The van der Waals surface area contributed by atoms with Gasteiger partial charge in [0.1, 0.15) is 0 Å². The van der Waals surface area contributed by atoms with Crippen LogP contribution in [0.25, 0.3) is 0 Å². The van der Waals surface area contributed by atoms with Gasteiger partial charge in [-0.1, -0.05) is 5.21 Å². The highest BCUT2D eigenvalue weighted by molar-refractivity contribution is 5.06.